The number of sulfonamides is 1. The normalized spacial score (nSPS) is 17.8. The minimum atomic E-state index is -3.72. The number of carbonyl (C=O) groups is 1. The maximum Gasteiger partial charge on any atom is 0.261 e. The van der Waals surface area contributed by atoms with E-state index in [9.17, 15) is 13.2 Å². The van der Waals surface area contributed by atoms with Crippen LogP contribution in [0.1, 0.15) is 78.0 Å². The Morgan fingerprint density at radius 1 is 0.900 bits per heavy atom. The van der Waals surface area contributed by atoms with Gasteiger partial charge in [-0.1, -0.05) is 45.9 Å². The molecule has 0 saturated heterocycles. The average Bonchev–Trinajstić information content (AvgIpc) is 2.65. The highest BCUT2D eigenvalue weighted by Gasteiger charge is 2.37. The summed E-state index contributed by atoms with van der Waals surface area (Å²) in [5, 5.41) is 0. The van der Waals surface area contributed by atoms with Crippen molar-refractivity contribution in [2.24, 2.45) is 0 Å². The van der Waals surface area contributed by atoms with Crippen molar-refractivity contribution in [3.05, 3.63) is 59.2 Å². The molecule has 0 saturated carbocycles. The fourth-order valence-electron chi connectivity index (χ4n) is 4.11. The first-order valence-electron chi connectivity index (χ1n) is 10.5. The fraction of sp³-hybridized carbons (Fsp3) is 0.480. The fourth-order valence-corrected chi connectivity index (χ4v) is 5.19. The first-order valence-corrected chi connectivity index (χ1v) is 11.9. The van der Waals surface area contributed by atoms with Gasteiger partial charge in [-0.05, 0) is 85.4 Å². The largest absolute Gasteiger partial charge is 0.299 e. The van der Waals surface area contributed by atoms with Crippen molar-refractivity contribution in [2.75, 3.05) is 4.72 Å². The standard InChI is InChI=1S/C25H33NO3S/c1-17(27)25(6,7)18-8-10-19(11-9-18)26-30(28,29)20-12-13-21-22(16-20)24(4,5)15-14-23(21,2)3/h8-13,16,26H,14-15H2,1-7H3. The van der Waals surface area contributed by atoms with Crippen LogP contribution in [0, 0.1) is 0 Å². The lowest BCUT2D eigenvalue weighted by Crippen LogP contribution is -2.34. The van der Waals surface area contributed by atoms with Crippen LogP contribution in [0.3, 0.4) is 0 Å². The van der Waals surface area contributed by atoms with Crippen LogP contribution in [0.25, 0.3) is 0 Å². The quantitative estimate of drug-likeness (QED) is 0.665. The second-order valence-corrected chi connectivity index (χ2v) is 12.0. The van der Waals surface area contributed by atoms with E-state index >= 15 is 0 Å². The van der Waals surface area contributed by atoms with Gasteiger partial charge in [0.2, 0.25) is 0 Å². The monoisotopic (exact) mass is 427 g/mol. The van der Waals surface area contributed by atoms with Gasteiger partial charge in [-0.25, -0.2) is 8.42 Å². The molecule has 0 spiro atoms. The van der Waals surface area contributed by atoms with Crippen LogP contribution >= 0.6 is 0 Å². The molecular formula is C25H33NO3S. The van der Waals surface area contributed by atoms with Gasteiger partial charge in [0.1, 0.15) is 5.78 Å². The molecular weight excluding hydrogens is 394 g/mol. The molecule has 30 heavy (non-hydrogen) atoms. The molecule has 0 fully saturated rings. The number of nitrogens with one attached hydrogen (secondary N) is 1. The molecule has 0 atom stereocenters. The molecule has 0 aliphatic heterocycles. The van der Waals surface area contributed by atoms with Crippen LogP contribution in [0.5, 0.6) is 0 Å². The van der Waals surface area contributed by atoms with E-state index in [4.69, 9.17) is 0 Å². The van der Waals surface area contributed by atoms with Crippen LogP contribution < -0.4 is 4.72 Å². The van der Waals surface area contributed by atoms with E-state index in [-0.39, 0.29) is 21.5 Å². The Morgan fingerprint density at radius 2 is 1.43 bits per heavy atom. The van der Waals surface area contributed by atoms with Crippen molar-refractivity contribution in [3.8, 4) is 0 Å². The molecule has 4 nitrogen and oxygen atoms in total. The Labute approximate surface area is 181 Å². The van der Waals surface area contributed by atoms with Crippen molar-refractivity contribution in [1.82, 2.24) is 0 Å². The number of carbonyl (C=O) groups excluding carboxylic acids is 1. The number of hydrogen-bond acceptors (Lipinski definition) is 3. The van der Waals surface area contributed by atoms with E-state index in [0.29, 0.717) is 5.69 Å². The highest BCUT2D eigenvalue weighted by molar-refractivity contribution is 7.92. The highest BCUT2D eigenvalue weighted by atomic mass is 32.2. The van der Waals surface area contributed by atoms with Gasteiger partial charge >= 0.3 is 0 Å². The summed E-state index contributed by atoms with van der Waals surface area (Å²) in [6.07, 6.45) is 2.11. The summed E-state index contributed by atoms with van der Waals surface area (Å²) in [6.45, 7) is 14.1. The minimum absolute atomic E-state index is 0.0416. The second kappa shape index (κ2) is 7.23. The van der Waals surface area contributed by atoms with E-state index in [1.807, 2.05) is 26.0 Å². The molecule has 1 aliphatic carbocycles. The van der Waals surface area contributed by atoms with Gasteiger partial charge < -0.3 is 0 Å². The lowest BCUT2D eigenvalue weighted by Gasteiger charge is -2.42. The van der Waals surface area contributed by atoms with Gasteiger partial charge in [0.25, 0.3) is 10.0 Å². The Balaban J connectivity index is 1.93. The number of ketones is 1. The lowest BCUT2D eigenvalue weighted by atomic mass is 9.63. The van der Waals surface area contributed by atoms with Crippen molar-refractivity contribution < 1.29 is 13.2 Å². The Hall–Kier alpha value is -2.14. The number of Topliss-reactive ketones (excluding diaryl/α,β-unsaturated/α-hetero) is 1. The number of anilines is 1. The van der Waals surface area contributed by atoms with Gasteiger partial charge in [-0.15, -0.1) is 0 Å². The van der Waals surface area contributed by atoms with Crippen molar-refractivity contribution in [1.29, 1.82) is 0 Å². The summed E-state index contributed by atoms with van der Waals surface area (Å²) in [4.78, 5) is 12.1. The van der Waals surface area contributed by atoms with Gasteiger partial charge in [0.15, 0.2) is 0 Å². The molecule has 3 rings (SSSR count). The maximum atomic E-state index is 13.1. The molecule has 1 aliphatic rings. The summed E-state index contributed by atoms with van der Waals surface area (Å²) in [6, 6.07) is 12.5. The minimum Gasteiger partial charge on any atom is -0.299 e. The average molecular weight is 428 g/mol. The van der Waals surface area contributed by atoms with Crippen LogP contribution in [0.15, 0.2) is 47.4 Å². The van der Waals surface area contributed by atoms with E-state index < -0.39 is 15.4 Å². The zero-order valence-electron chi connectivity index (χ0n) is 19.1. The molecule has 5 heteroatoms. The third-order valence-electron chi connectivity index (χ3n) is 6.87. The smallest absolute Gasteiger partial charge is 0.261 e. The predicted molar refractivity (Wildman–Crippen MR) is 123 cm³/mol. The summed E-state index contributed by atoms with van der Waals surface area (Å²) in [7, 11) is -3.72. The molecule has 0 amide bonds. The van der Waals surface area contributed by atoms with Gasteiger partial charge in [-0.3, -0.25) is 9.52 Å². The van der Waals surface area contributed by atoms with Crippen molar-refractivity contribution >= 4 is 21.5 Å². The molecule has 2 aromatic rings. The SMILES string of the molecule is CC(=O)C(C)(C)c1ccc(NS(=O)(=O)c2ccc3c(c2)C(C)(C)CCC3(C)C)cc1. The molecule has 2 aromatic carbocycles. The van der Waals surface area contributed by atoms with E-state index in [1.54, 1.807) is 37.3 Å². The number of benzene rings is 2. The topological polar surface area (TPSA) is 63.2 Å². The summed E-state index contributed by atoms with van der Waals surface area (Å²) in [5.41, 5.74) is 3.06. The first-order chi connectivity index (χ1) is 13.7. The van der Waals surface area contributed by atoms with Crippen molar-refractivity contribution in [2.45, 2.75) is 82.4 Å². The van der Waals surface area contributed by atoms with E-state index in [1.165, 1.54) is 5.56 Å². The van der Waals surface area contributed by atoms with Crippen molar-refractivity contribution in [3.63, 3.8) is 0 Å². The zero-order chi connectivity index (χ0) is 22.5. The number of hydrogen-bond donors (Lipinski definition) is 1. The summed E-state index contributed by atoms with van der Waals surface area (Å²) in [5.74, 6) is 0.0652. The molecule has 0 radical (unpaired) electrons. The number of fused-ring (bicyclic) bond motifs is 1. The van der Waals surface area contributed by atoms with Gasteiger partial charge in [0, 0.05) is 11.1 Å². The van der Waals surface area contributed by atoms with E-state index in [2.05, 4.69) is 32.4 Å². The molecule has 0 bridgehead atoms. The Kier molecular flexibility index (Phi) is 5.43. The van der Waals surface area contributed by atoms with Crippen LogP contribution in [0.2, 0.25) is 0 Å². The van der Waals surface area contributed by atoms with Gasteiger partial charge in [0.05, 0.1) is 4.90 Å². The first kappa shape index (κ1) is 22.5. The molecule has 162 valence electrons. The molecule has 0 heterocycles. The molecule has 1 N–H and O–H groups in total. The zero-order valence-corrected chi connectivity index (χ0v) is 19.9. The third kappa shape index (κ3) is 4.04. The Bertz CT molecular complexity index is 1080. The molecule has 0 unspecified atom stereocenters. The van der Waals surface area contributed by atoms with E-state index in [0.717, 1.165) is 24.0 Å². The Morgan fingerprint density at radius 3 is 1.97 bits per heavy atom. The van der Waals surface area contributed by atoms with Crippen LogP contribution in [-0.4, -0.2) is 14.2 Å². The predicted octanol–water partition coefficient (Wildman–Crippen LogP) is 5.70. The maximum absolute atomic E-state index is 13.1. The second-order valence-electron chi connectivity index (χ2n) is 10.3. The lowest BCUT2D eigenvalue weighted by molar-refractivity contribution is -0.121. The van der Waals surface area contributed by atoms with Gasteiger partial charge in [-0.2, -0.15) is 0 Å². The van der Waals surface area contributed by atoms with Crippen LogP contribution in [-0.2, 0) is 31.1 Å². The highest BCUT2D eigenvalue weighted by Crippen LogP contribution is 2.46. The molecule has 0 aromatic heterocycles. The summed E-state index contributed by atoms with van der Waals surface area (Å²) >= 11 is 0. The summed E-state index contributed by atoms with van der Waals surface area (Å²) < 4.78 is 28.9. The third-order valence-corrected chi connectivity index (χ3v) is 8.25. The number of rotatable bonds is 5. The van der Waals surface area contributed by atoms with Crippen LogP contribution in [0.4, 0.5) is 5.69 Å².